The van der Waals surface area contributed by atoms with E-state index < -0.39 is 0 Å². The number of carbonyl (C=O) groups is 1. The molecule has 1 aliphatic heterocycles. The summed E-state index contributed by atoms with van der Waals surface area (Å²) < 4.78 is 5.09. The van der Waals surface area contributed by atoms with Gasteiger partial charge in [-0.1, -0.05) is 0 Å². The van der Waals surface area contributed by atoms with Gasteiger partial charge in [0.1, 0.15) is 0 Å². The van der Waals surface area contributed by atoms with Gasteiger partial charge in [-0.05, 0) is 26.7 Å². The van der Waals surface area contributed by atoms with Crippen LogP contribution in [0.4, 0.5) is 4.79 Å². The van der Waals surface area contributed by atoms with E-state index in [1.54, 1.807) is 7.11 Å². The average molecular weight is 214 g/mol. The molecule has 0 aromatic carbocycles. The lowest BCUT2D eigenvalue weighted by molar-refractivity contribution is 0.0990. The minimum absolute atomic E-state index is 0.160. The Balaban J connectivity index is 2.52. The van der Waals surface area contributed by atoms with Gasteiger partial charge in [-0.2, -0.15) is 0 Å². The molecule has 4 nitrogen and oxygen atoms in total. The highest BCUT2D eigenvalue weighted by molar-refractivity contribution is 5.75. The Morgan fingerprint density at radius 2 is 2.07 bits per heavy atom. The summed E-state index contributed by atoms with van der Waals surface area (Å²) in [5, 5.41) is 0. The summed E-state index contributed by atoms with van der Waals surface area (Å²) in [6, 6.07) is 0.327. The summed E-state index contributed by atoms with van der Waals surface area (Å²) in [6.07, 6.45) is 2.28. The van der Waals surface area contributed by atoms with Gasteiger partial charge in [-0.25, -0.2) is 4.79 Å². The number of carbonyl (C=O) groups excluding carboxylic acids is 1. The van der Waals surface area contributed by atoms with E-state index >= 15 is 0 Å². The molecule has 2 amide bonds. The van der Waals surface area contributed by atoms with Gasteiger partial charge < -0.3 is 14.5 Å². The Morgan fingerprint density at radius 3 is 2.53 bits per heavy atom. The molecule has 0 aromatic heterocycles. The zero-order chi connectivity index (χ0) is 11.3. The zero-order valence-corrected chi connectivity index (χ0v) is 10.0. The normalized spacial score (nSPS) is 17.9. The third-order valence-corrected chi connectivity index (χ3v) is 2.90. The molecule has 1 atom stereocenters. The SMILES string of the molecule is CCN(C(=O)N1CCCC1)C(C)COC. The van der Waals surface area contributed by atoms with E-state index in [1.165, 1.54) is 0 Å². The molecule has 88 valence electrons. The summed E-state index contributed by atoms with van der Waals surface area (Å²) in [5.41, 5.74) is 0. The fourth-order valence-corrected chi connectivity index (χ4v) is 2.06. The monoisotopic (exact) mass is 214 g/mol. The van der Waals surface area contributed by atoms with E-state index in [2.05, 4.69) is 0 Å². The van der Waals surface area contributed by atoms with Gasteiger partial charge in [-0.15, -0.1) is 0 Å². The maximum Gasteiger partial charge on any atom is 0.320 e. The van der Waals surface area contributed by atoms with Crippen LogP contribution in [0.25, 0.3) is 0 Å². The maximum atomic E-state index is 12.1. The standard InChI is InChI=1S/C11H22N2O2/c1-4-13(10(2)9-15-3)11(14)12-7-5-6-8-12/h10H,4-9H2,1-3H3. The molecule has 4 heteroatoms. The highest BCUT2D eigenvalue weighted by atomic mass is 16.5. The Kier molecular flexibility index (Phi) is 4.88. The fourth-order valence-electron chi connectivity index (χ4n) is 2.06. The number of hydrogen-bond donors (Lipinski definition) is 0. The van der Waals surface area contributed by atoms with Crippen LogP contribution in [0.2, 0.25) is 0 Å². The Bertz CT molecular complexity index is 203. The first-order valence-corrected chi connectivity index (χ1v) is 5.75. The Hall–Kier alpha value is -0.770. The fraction of sp³-hybridized carbons (Fsp3) is 0.909. The quantitative estimate of drug-likeness (QED) is 0.711. The van der Waals surface area contributed by atoms with Crippen molar-refractivity contribution in [2.45, 2.75) is 32.7 Å². The number of amides is 2. The van der Waals surface area contributed by atoms with Crippen LogP contribution in [0.1, 0.15) is 26.7 Å². The smallest absolute Gasteiger partial charge is 0.320 e. The lowest BCUT2D eigenvalue weighted by Gasteiger charge is -2.31. The van der Waals surface area contributed by atoms with Crippen molar-refractivity contribution in [3.63, 3.8) is 0 Å². The molecular formula is C11H22N2O2. The number of ether oxygens (including phenoxy) is 1. The molecule has 1 heterocycles. The van der Waals surface area contributed by atoms with Crippen molar-refractivity contribution < 1.29 is 9.53 Å². The molecule has 0 N–H and O–H groups in total. The highest BCUT2D eigenvalue weighted by Crippen LogP contribution is 2.12. The molecule has 15 heavy (non-hydrogen) atoms. The number of methoxy groups -OCH3 is 1. The van der Waals surface area contributed by atoms with Crippen LogP contribution in [0.15, 0.2) is 0 Å². The van der Waals surface area contributed by atoms with Crippen molar-refractivity contribution in [3.05, 3.63) is 0 Å². The third kappa shape index (κ3) is 3.09. The van der Waals surface area contributed by atoms with Crippen LogP contribution in [0.5, 0.6) is 0 Å². The molecule has 1 rings (SSSR count). The topological polar surface area (TPSA) is 32.8 Å². The van der Waals surface area contributed by atoms with Crippen molar-refractivity contribution in [1.29, 1.82) is 0 Å². The maximum absolute atomic E-state index is 12.1. The lowest BCUT2D eigenvalue weighted by atomic mass is 10.3. The predicted molar refractivity (Wildman–Crippen MR) is 59.9 cm³/mol. The van der Waals surface area contributed by atoms with Crippen molar-refractivity contribution in [2.75, 3.05) is 33.4 Å². The summed E-state index contributed by atoms with van der Waals surface area (Å²) >= 11 is 0. The second-order valence-electron chi connectivity index (χ2n) is 4.07. The molecule has 1 saturated heterocycles. The average Bonchev–Trinajstić information content (AvgIpc) is 2.71. The molecule has 0 aliphatic carbocycles. The molecule has 0 spiro atoms. The van der Waals surface area contributed by atoms with Crippen LogP contribution in [0, 0.1) is 0 Å². The van der Waals surface area contributed by atoms with Crippen LogP contribution >= 0.6 is 0 Å². The number of urea groups is 1. The molecule has 1 unspecified atom stereocenters. The lowest BCUT2D eigenvalue weighted by Crippen LogP contribution is -2.47. The van der Waals surface area contributed by atoms with Crippen LogP contribution in [-0.2, 0) is 4.74 Å². The predicted octanol–water partition coefficient (Wildman–Crippen LogP) is 1.56. The van der Waals surface area contributed by atoms with Gasteiger partial charge in [0.05, 0.1) is 12.6 Å². The van der Waals surface area contributed by atoms with Crippen LogP contribution in [0.3, 0.4) is 0 Å². The van der Waals surface area contributed by atoms with Crippen molar-refractivity contribution in [3.8, 4) is 0 Å². The van der Waals surface area contributed by atoms with Gasteiger partial charge in [0.2, 0.25) is 0 Å². The molecule has 1 aliphatic rings. The van der Waals surface area contributed by atoms with E-state index in [0.29, 0.717) is 6.61 Å². The Morgan fingerprint density at radius 1 is 1.47 bits per heavy atom. The van der Waals surface area contributed by atoms with Crippen LogP contribution in [-0.4, -0.2) is 55.2 Å². The van der Waals surface area contributed by atoms with Crippen molar-refractivity contribution >= 4 is 6.03 Å². The largest absolute Gasteiger partial charge is 0.383 e. The molecule has 0 radical (unpaired) electrons. The van der Waals surface area contributed by atoms with E-state index in [0.717, 1.165) is 32.5 Å². The summed E-state index contributed by atoms with van der Waals surface area (Å²) in [5.74, 6) is 0. The molecule has 0 aromatic rings. The summed E-state index contributed by atoms with van der Waals surface area (Å²) in [4.78, 5) is 15.9. The van der Waals surface area contributed by atoms with E-state index in [1.807, 2.05) is 23.6 Å². The number of nitrogens with zero attached hydrogens (tertiary/aromatic N) is 2. The van der Waals surface area contributed by atoms with E-state index in [9.17, 15) is 4.79 Å². The van der Waals surface area contributed by atoms with Crippen LogP contribution < -0.4 is 0 Å². The number of likely N-dealkylation sites (tertiary alicyclic amines) is 1. The first-order valence-electron chi connectivity index (χ1n) is 5.75. The molecule has 0 saturated carbocycles. The van der Waals surface area contributed by atoms with Gasteiger partial charge in [0.15, 0.2) is 0 Å². The van der Waals surface area contributed by atoms with Crippen molar-refractivity contribution in [1.82, 2.24) is 9.80 Å². The minimum Gasteiger partial charge on any atom is -0.383 e. The zero-order valence-electron chi connectivity index (χ0n) is 10.0. The second-order valence-corrected chi connectivity index (χ2v) is 4.07. The first-order chi connectivity index (χ1) is 7.20. The van der Waals surface area contributed by atoms with Gasteiger partial charge >= 0.3 is 6.03 Å². The molecule has 1 fully saturated rings. The molecule has 0 bridgehead atoms. The highest BCUT2D eigenvalue weighted by Gasteiger charge is 2.25. The Labute approximate surface area is 92.2 Å². The van der Waals surface area contributed by atoms with E-state index in [-0.39, 0.29) is 12.1 Å². The summed E-state index contributed by atoms with van der Waals surface area (Å²) in [7, 11) is 1.67. The third-order valence-electron chi connectivity index (χ3n) is 2.90. The minimum atomic E-state index is 0.160. The number of rotatable bonds is 4. The summed E-state index contributed by atoms with van der Waals surface area (Å²) in [6.45, 7) is 7.22. The van der Waals surface area contributed by atoms with Crippen molar-refractivity contribution in [2.24, 2.45) is 0 Å². The second kappa shape index (κ2) is 5.95. The molecular weight excluding hydrogens is 192 g/mol. The van der Waals surface area contributed by atoms with Gasteiger partial charge in [0.25, 0.3) is 0 Å². The van der Waals surface area contributed by atoms with Gasteiger partial charge in [0, 0.05) is 26.7 Å². The van der Waals surface area contributed by atoms with Gasteiger partial charge in [-0.3, -0.25) is 0 Å². The van der Waals surface area contributed by atoms with E-state index in [4.69, 9.17) is 4.74 Å². The number of likely N-dealkylation sites (N-methyl/N-ethyl adjacent to an activating group) is 1. The first kappa shape index (κ1) is 12.3. The number of hydrogen-bond acceptors (Lipinski definition) is 2.